The summed E-state index contributed by atoms with van der Waals surface area (Å²) in [7, 11) is -1.37. The van der Waals surface area contributed by atoms with Gasteiger partial charge in [-0.1, -0.05) is 0 Å². The number of fused-ring (bicyclic) bond motifs is 3. The van der Waals surface area contributed by atoms with Crippen molar-refractivity contribution in [2.75, 3.05) is 20.8 Å². The van der Waals surface area contributed by atoms with Gasteiger partial charge in [0.05, 0.1) is 31.5 Å². The lowest BCUT2D eigenvalue weighted by molar-refractivity contribution is 0.200. The Balaban J connectivity index is 1.96. The number of aryl methyl sites for hydroxylation is 1. The largest absolute Gasteiger partial charge is 0.481 e. The molecular formula is C21H21F2N5O4S. The Morgan fingerprint density at radius 2 is 1.85 bits per heavy atom. The molecule has 9 nitrogen and oxygen atoms in total. The van der Waals surface area contributed by atoms with E-state index in [1.54, 1.807) is 30.7 Å². The Morgan fingerprint density at radius 1 is 1.09 bits per heavy atom. The highest BCUT2D eigenvalue weighted by atomic mass is 32.2. The minimum absolute atomic E-state index is 0.0676. The Hall–Kier alpha value is -3.22. The van der Waals surface area contributed by atoms with Crippen molar-refractivity contribution in [1.29, 1.82) is 0 Å². The first-order chi connectivity index (χ1) is 15.6. The zero-order valence-corrected chi connectivity index (χ0v) is 18.9. The minimum Gasteiger partial charge on any atom is -0.481 e. The van der Waals surface area contributed by atoms with Gasteiger partial charge in [-0.05, 0) is 25.1 Å². The van der Waals surface area contributed by atoms with Crippen molar-refractivity contribution in [3.63, 3.8) is 0 Å². The first kappa shape index (κ1) is 23.0. The standard InChI is InChI=1S/C21H21F2N5O4S/c1-11-19-20(13-4-5-18(32-3)27-21(13)25-11)28(17(26-19)6-7-31-2)10-12-8-15(23)16(9-14(12)22)33(24,29)30/h4-5,8-9H,6-7,10H2,1-3H3,(H2,24,29,30). The summed E-state index contributed by atoms with van der Waals surface area (Å²) in [5, 5.41) is 5.63. The number of rotatable bonds is 7. The van der Waals surface area contributed by atoms with E-state index in [4.69, 9.17) is 14.6 Å². The van der Waals surface area contributed by atoms with Crippen LogP contribution in [0.4, 0.5) is 8.78 Å². The number of aromatic nitrogens is 4. The van der Waals surface area contributed by atoms with Gasteiger partial charge in [-0.2, -0.15) is 4.98 Å². The van der Waals surface area contributed by atoms with Gasteiger partial charge in [-0.25, -0.2) is 32.3 Å². The maximum Gasteiger partial charge on any atom is 0.241 e. The number of primary sulfonamides is 1. The van der Waals surface area contributed by atoms with Crippen LogP contribution in [0.25, 0.3) is 22.1 Å². The Kier molecular flexibility index (Phi) is 5.99. The highest BCUT2D eigenvalue weighted by Crippen LogP contribution is 2.30. The van der Waals surface area contributed by atoms with Gasteiger partial charge in [0.1, 0.15) is 27.9 Å². The maximum absolute atomic E-state index is 14.8. The van der Waals surface area contributed by atoms with Crippen molar-refractivity contribution < 1.29 is 26.7 Å². The summed E-state index contributed by atoms with van der Waals surface area (Å²) in [4.78, 5) is 12.7. The third kappa shape index (κ3) is 4.24. The minimum atomic E-state index is -4.41. The second-order valence-corrected chi connectivity index (χ2v) is 8.93. The van der Waals surface area contributed by atoms with Crippen LogP contribution >= 0.6 is 0 Å². The molecule has 3 aromatic heterocycles. The molecule has 33 heavy (non-hydrogen) atoms. The number of benzene rings is 1. The molecule has 0 spiro atoms. The first-order valence-electron chi connectivity index (χ1n) is 9.84. The van der Waals surface area contributed by atoms with Crippen LogP contribution in [0.2, 0.25) is 0 Å². The van der Waals surface area contributed by atoms with Crippen LogP contribution in [-0.4, -0.2) is 48.8 Å². The van der Waals surface area contributed by atoms with E-state index < -0.39 is 26.6 Å². The number of imidazole rings is 1. The van der Waals surface area contributed by atoms with Crippen LogP contribution in [-0.2, 0) is 27.7 Å². The second kappa shape index (κ2) is 8.61. The summed E-state index contributed by atoms with van der Waals surface area (Å²) >= 11 is 0. The number of pyridine rings is 2. The summed E-state index contributed by atoms with van der Waals surface area (Å²) in [6.07, 6.45) is 0.398. The van der Waals surface area contributed by atoms with Crippen molar-refractivity contribution in [2.45, 2.75) is 24.8 Å². The summed E-state index contributed by atoms with van der Waals surface area (Å²) in [5.74, 6) is -1.10. The molecule has 174 valence electrons. The summed E-state index contributed by atoms with van der Waals surface area (Å²) in [5.41, 5.74) is 2.17. The molecule has 0 aliphatic carbocycles. The van der Waals surface area contributed by atoms with Crippen LogP contribution in [0.15, 0.2) is 29.2 Å². The van der Waals surface area contributed by atoms with Crippen LogP contribution in [0.3, 0.4) is 0 Å². The topological polar surface area (TPSA) is 122 Å². The van der Waals surface area contributed by atoms with E-state index in [-0.39, 0.29) is 12.1 Å². The molecular weight excluding hydrogens is 456 g/mol. The van der Waals surface area contributed by atoms with Crippen molar-refractivity contribution in [1.82, 2.24) is 19.5 Å². The fraction of sp³-hybridized carbons (Fsp3) is 0.286. The molecule has 0 amide bonds. The fourth-order valence-electron chi connectivity index (χ4n) is 3.68. The zero-order valence-electron chi connectivity index (χ0n) is 18.1. The Labute approximate surface area is 188 Å². The molecule has 0 saturated heterocycles. The van der Waals surface area contributed by atoms with Gasteiger partial charge in [0.25, 0.3) is 0 Å². The highest BCUT2D eigenvalue weighted by molar-refractivity contribution is 7.89. The van der Waals surface area contributed by atoms with Crippen molar-refractivity contribution in [3.05, 3.63) is 53.0 Å². The molecule has 4 aromatic rings. The second-order valence-electron chi connectivity index (χ2n) is 7.40. The number of methoxy groups -OCH3 is 2. The molecule has 2 N–H and O–H groups in total. The number of sulfonamides is 1. The third-order valence-electron chi connectivity index (χ3n) is 5.24. The Bertz CT molecular complexity index is 1490. The van der Waals surface area contributed by atoms with Gasteiger partial charge in [0.2, 0.25) is 15.9 Å². The third-order valence-corrected chi connectivity index (χ3v) is 6.17. The van der Waals surface area contributed by atoms with Gasteiger partial charge < -0.3 is 14.0 Å². The van der Waals surface area contributed by atoms with Crippen LogP contribution < -0.4 is 9.88 Å². The van der Waals surface area contributed by atoms with Gasteiger partial charge >= 0.3 is 0 Å². The normalized spacial score (nSPS) is 12.1. The zero-order chi connectivity index (χ0) is 23.9. The number of nitrogens with two attached hydrogens (primary N) is 1. The smallest absolute Gasteiger partial charge is 0.241 e. The summed E-state index contributed by atoms with van der Waals surface area (Å²) in [6, 6.07) is 4.87. The predicted molar refractivity (Wildman–Crippen MR) is 117 cm³/mol. The molecule has 0 atom stereocenters. The van der Waals surface area contributed by atoms with Crippen LogP contribution in [0, 0.1) is 18.6 Å². The van der Waals surface area contributed by atoms with Crippen molar-refractivity contribution >= 4 is 32.1 Å². The molecule has 0 aliphatic heterocycles. The lowest BCUT2D eigenvalue weighted by Crippen LogP contribution is -2.16. The van der Waals surface area contributed by atoms with E-state index in [2.05, 4.69) is 15.0 Å². The average molecular weight is 477 g/mol. The lowest BCUT2D eigenvalue weighted by Gasteiger charge is -2.13. The Morgan fingerprint density at radius 3 is 2.52 bits per heavy atom. The summed E-state index contributed by atoms with van der Waals surface area (Å²) < 4.78 is 64.5. The van der Waals surface area contributed by atoms with E-state index in [1.807, 2.05) is 0 Å². The maximum atomic E-state index is 14.8. The van der Waals surface area contributed by atoms with Gasteiger partial charge in [0.15, 0.2) is 5.65 Å². The van der Waals surface area contributed by atoms with Crippen molar-refractivity contribution in [3.8, 4) is 5.88 Å². The quantitative estimate of drug-likeness (QED) is 0.434. The SMILES string of the molecule is COCCc1nc2c(C)nc3nc(OC)ccc3c2n1Cc1cc(F)c(S(N)(=O)=O)cc1F. The number of hydrogen-bond acceptors (Lipinski definition) is 7. The number of nitrogens with zero attached hydrogens (tertiary/aromatic N) is 4. The van der Waals surface area contributed by atoms with Gasteiger partial charge in [-0.3, -0.25) is 0 Å². The first-order valence-corrected chi connectivity index (χ1v) is 11.4. The molecule has 0 radical (unpaired) electrons. The molecule has 4 rings (SSSR count). The molecule has 0 bridgehead atoms. The molecule has 3 heterocycles. The van der Waals surface area contributed by atoms with Crippen LogP contribution in [0.1, 0.15) is 17.1 Å². The van der Waals surface area contributed by atoms with Gasteiger partial charge in [0, 0.05) is 30.5 Å². The van der Waals surface area contributed by atoms with E-state index >= 15 is 0 Å². The molecule has 0 saturated carbocycles. The summed E-state index contributed by atoms with van der Waals surface area (Å²) in [6.45, 7) is 2.01. The molecule has 12 heteroatoms. The fourth-order valence-corrected chi connectivity index (χ4v) is 4.28. The predicted octanol–water partition coefficient (Wildman–Crippen LogP) is 2.46. The molecule has 0 fully saturated rings. The van der Waals surface area contributed by atoms with Gasteiger partial charge in [-0.15, -0.1) is 0 Å². The van der Waals surface area contributed by atoms with Crippen molar-refractivity contribution in [2.24, 2.45) is 5.14 Å². The number of ether oxygens (including phenoxy) is 2. The lowest BCUT2D eigenvalue weighted by atomic mass is 10.1. The van der Waals surface area contributed by atoms with E-state index in [0.29, 0.717) is 58.6 Å². The van der Waals surface area contributed by atoms with E-state index in [1.165, 1.54) is 7.11 Å². The van der Waals surface area contributed by atoms with E-state index in [0.717, 1.165) is 6.07 Å². The highest BCUT2D eigenvalue weighted by Gasteiger charge is 2.22. The number of halogens is 2. The van der Waals surface area contributed by atoms with E-state index in [9.17, 15) is 17.2 Å². The molecule has 0 unspecified atom stereocenters. The molecule has 1 aromatic carbocycles. The monoisotopic (exact) mass is 477 g/mol. The van der Waals surface area contributed by atoms with Crippen LogP contribution in [0.5, 0.6) is 5.88 Å². The number of hydrogen-bond donors (Lipinski definition) is 1. The molecule has 0 aliphatic rings. The average Bonchev–Trinajstić information content (AvgIpc) is 3.12.